The molecule has 0 aliphatic heterocycles. The molecule has 0 saturated carbocycles. The predicted molar refractivity (Wildman–Crippen MR) is 65.3 cm³/mol. The maximum atomic E-state index is 13.4. The van der Waals surface area contributed by atoms with Crippen molar-refractivity contribution in [2.75, 3.05) is 5.32 Å². The van der Waals surface area contributed by atoms with Gasteiger partial charge in [0.25, 0.3) is 0 Å². The number of carboxylic acid groups (broad SMARTS) is 1. The van der Waals surface area contributed by atoms with E-state index in [1.807, 2.05) is 0 Å². The number of carboxylic acids is 1. The van der Waals surface area contributed by atoms with E-state index in [0.29, 0.717) is 0 Å². The van der Waals surface area contributed by atoms with Gasteiger partial charge in [-0.25, -0.2) is 14.2 Å². The van der Waals surface area contributed by atoms with E-state index in [1.54, 1.807) is 0 Å². The zero-order valence-corrected chi connectivity index (χ0v) is 10.0. The lowest BCUT2D eigenvalue weighted by atomic mass is 10.2. The molecule has 6 nitrogen and oxygen atoms in total. The number of rotatable bonds is 3. The van der Waals surface area contributed by atoms with Crippen LogP contribution in [0.2, 0.25) is 5.28 Å². The number of nitrogens with zero attached hydrogens (tertiary/aromatic N) is 2. The van der Waals surface area contributed by atoms with E-state index in [-0.39, 0.29) is 28.1 Å². The highest BCUT2D eigenvalue weighted by Gasteiger charge is 2.12. The zero-order valence-electron chi connectivity index (χ0n) is 9.26. The molecule has 0 unspecified atom stereocenters. The maximum absolute atomic E-state index is 13.4. The van der Waals surface area contributed by atoms with Gasteiger partial charge in [0.2, 0.25) is 5.28 Å². The molecule has 19 heavy (non-hydrogen) atoms. The highest BCUT2D eigenvalue weighted by atomic mass is 35.5. The minimum absolute atomic E-state index is 0.152. The molecular weight excluding hydrogens is 277 g/mol. The van der Waals surface area contributed by atoms with Crippen LogP contribution in [0.25, 0.3) is 0 Å². The summed E-state index contributed by atoms with van der Waals surface area (Å²) < 4.78 is 13.4. The number of anilines is 2. The van der Waals surface area contributed by atoms with Crippen LogP contribution in [0.1, 0.15) is 10.4 Å². The minimum atomic E-state index is -1.30. The lowest BCUT2D eigenvalue weighted by Crippen LogP contribution is -2.01. The Labute approximate surface area is 111 Å². The van der Waals surface area contributed by atoms with Gasteiger partial charge in [0.05, 0.1) is 6.20 Å². The van der Waals surface area contributed by atoms with E-state index in [1.165, 1.54) is 12.1 Å². The van der Waals surface area contributed by atoms with Crippen molar-refractivity contribution in [1.82, 2.24) is 9.97 Å². The van der Waals surface area contributed by atoms with Crippen LogP contribution in [0, 0.1) is 5.82 Å². The fraction of sp³-hybridized carbons (Fsp3) is 0. The van der Waals surface area contributed by atoms with Crippen molar-refractivity contribution in [3.8, 4) is 5.75 Å². The Balaban J connectivity index is 2.36. The monoisotopic (exact) mass is 283 g/mol. The number of aromatic hydroxyl groups is 1. The molecule has 0 amide bonds. The molecule has 0 aliphatic carbocycles. The van der Waals surface area contributed by atoms with Crippen molar-refractivity contribution in [3.63, 3.8) is 0 Å². The molecule has 2 rings (SSSR count). The average molecular weight is 284 g/mol. The van der Waals surface area contributed by atoms with Crippen LogP contribution >= 0.6 is 11.6 Å². The number of hydrogen-bond acceptors (Lipinski definition) is 5. The van der Waals surface area contributed by atoms with Crippen LogP contribution in [-0.4, -0.2) is 26.2 Å². The number of hydrogen-bond donors (Lipinski definition) is 3. The van der Waals surface area contributed by atoms with Crippen molar-refractivity contribution >= 4 is 29.1 Å². The van der Waals surface area contributed by atoms with Crippen molar-refractivity contribution in [2.24, 2.45) is 0 Å². The van der Waals surface area contributed by atoms with Crippen molar-refractivity contribution in [1.29, 1.82) is 0 Å². The fourth-order valence-electron chi connectivity index (χ4n) is 1.36. The van der Waals surface area contributed by atoms with Gasteiger partial charge in [-0.3, -0.25) is 0 Å². The summed E-state index contributed by atoms with van der Waals surface area (Å²) in [5.41, 5.74) is -0.0746. The number of halogens is 2. The Bertz CT molecular complexity index is 651. The van der Waals surface area contributed by atoms with Crippen molar-refractivity contribution < 1.29 is 19.4 Å². The lowest BCUT2D eigenvalue weighted by Gasteiger charge is -2.08. The molecule has 0 bridgehead atoms. The second-order valence-electron chi connectivity index (χ2n) is 3.50. The summed E-state index contributed by atoms with van der Waals surface area (Å²) in [6, 6.07) is 3.69. The summed E-state index contributed by atoms with van der Waals surface area (Å²) in [6.45, 7) is 0. The van der Waals surface area contributed by atoms with Gasteiger partial charge in [0.15, 0.2) is 11.6 Å². The van der Waals surface area contributed by atoms with E-state index in [9.17, 15) is 14.3 Å². The lowest BCUT2D eigenvalue weighted by molar-refractivity contribution is 0.0694. The number of nitrogens with one attached hydrogen (secondary N) is 1. The highest BCUT2D eigenvalue weighted by molar-refractivity contribution is 6.28. The third-order valence-electron chi connectivity index (χ3n) is 2.20. The van der Waals surface area contributed by atoms with Gasteiger partial charge in [0.1, 0.15) is 11.3 Å². The third-order valence-corrected chi connectivity index (χ3v) is 2.39. The Morgan fingerprint density at radius 2 is 2.16 bits per heavy atom. The molecule has 1 aromatic heterocycles. The first-order chi connectivity index (χ1) is 8.97. The molecule has 3 N–H and O–H groups in total. The molecule has 1 aromatic carbocycles. The Kier molecular flexibility index (Phi) is 3.48. The van der Waals surface area contributed by atoms with E-state index >= 15 is 0 Å². The quantitative estimate of drug-likeness (QED) is 0.591. The molecule has 2 aromatic rings. The number of aromatic nitrogens is 2. The largest absolute Gasteiger partial charge is 0.507 e. The Hall–Kier alpha value is -2.41. The summed E-state index contributed by atoms with van der Waals surface area (Å²) in [7, 11) is 0. The molecule has 0 atom stereocenters. The van der Waals surface area contributed by atoms with E-state index in [0.717, 1.165) is 12.3 Å². The average Bonchev–Trinajstić information content (AvgIpc) is 2.36. The standard InChI is InChI=1S/C11H7ClFN3O3/c12-11-14-4-7(13)9(16-11)15-5-1-2-8(17)6(3-5)10(18)19/h1-4,17H,(H,18,19)(H,14,15,16). The highest BCUT2D eigenvalue weighted by Crippen LogP contribution is 2.24. The van der Waals surface area contributed by atoms with Crippen molar-refractivity contribution in [2.45, 2.75) is 0 Å². The predicted octanol–water partition coefficient (Wildman–Crippen LogP) is 2.42. The van der Waals surface area contributed by atoms with Crippen LogP contribution in [0.4, 0.5) is 15.9 Å². The minimum Gasteiger partial charge on any atom is -0.507 e. The van der Waals surface area contributed by atoms with Gasteiger partial charge in [0, 0.05) is 5.69 Å². The smallest absolute Gasteiger partial charge is 0.339 e. The molecule has 0 radical (unpaired) electrons. The molecule has 0 fully saturated rings. The Morgan fingerprint density at radius 3 is 2.84 bits per heavy atom. The van der Waals surface area contributed by atoms with Gasteiger partial charge < -0.3 is 15.5 Å². The van der Waals surface area contributed by atoms with E-state index in [2.05, 4.69) is 15.3 Å². The van der Waals surface area contributed by atoms with Crippen LogP contribution in [0.15, 0.2) is 24.4 Å². The molecule has 8 heteroatoms. The summed E-state index contributed by atoms with van der Waals surface area (Å²) >= 11 is 5.53. The first kappa shape index (κ1) is 13.0. The number of carbonyl (C=O) groups is 1. The third kappa shape index (κ3) is 2.89. The molecule has 0 aliphatic rings. The van der Waals surface area contributed by atoms with Crippen LogP contribution in [0.5, 0.6) is 5.75 Å². The summed E-state index contributed by atoms with van der Waals surface area (Å²) in [5.74, 6) is -2.63. The molecular formula is C11H7ClFN3O3. The van der Waals surface area contributed by atoms with Gasteiger partial charge in [-0.2, -0.15) is 4.98 Å². The van der Waals surface area contributed by atoms with Crippen LogP contribution in [0.3, 0.4) is 0 Å². The normalized spacial score (nSPS) is 10.2. The van der Waals surface area contributed by atoms with Gasteiger partial charge in [-0.1, -0.05) is 0 Å². The number of aromatic carboxylic acids is 1. The van der Waals surface area contributed by atoms with Crippen LogP contribution in [-0.2, 0) is 0 Å². The molecule has 0 saturated heterocycles. The van der Waals surface area contributed by atoms with Crippen molar-refractivity contribution in [3.05, 3.63) is 41.1 Å². The fourth-order valence-corrected chi connectivity index (χ4v) is 1.49. The van der Waals surface area contributed by atoms with E-state index in [4.69, 9.17) is 16.7 Å². The van der Waals surface area contributed by atoms with Crippen LogP contribution < -0.4 is 5.32 Å². The zero-order chi connectivity index (χ0) is 14.0. The second kappa shape index (κ2) is 5.07. The summed E-state index contributed by atoms with van der Waals surface area (Å²) in [6.07, 6.45) is 0.885. The Morgan fingerprint density at radius 1 is 1.42 bits per heavy atom. The first-order valence-electron chi connectivity index (χ1n) is 4.99. The molecule has 0 spiro atoms. The topological polar surface area (TPSA) is 95.3 Å². The maximum Gasteiger partial charge on any atom is 0.339 e. The number of benzene rings is 1. The summed E-state index contributed by atoms with van der Waals surface area (Å²) in [4.78, 5) is 17.9. The van der Waals surface area contributed by atoms with E-state index < -0.39 is 11.8 Å². The number of phenols is 1. The second-order valence-corrected chi connectivity index (χ2v) is 3.84. The summed E-state index contributed by atoms with van der Waals surface area (Å²) in [5, 5.41) is 20.6. The van der Waals surface area contributed by atoms with Gasteiger partial charge in [-0.05, 0) is 29.8 Å². The SMILES string of the molecule is O=C(O)c1cc(Nc2nc(Cl)ncc2F)ccc1O. The first-order valence-corrected chi connectivity index (χ1v) is 5.36. The van der Waals surface area contributed by atoms with Gasteiger partial charge in [-0.15, -0.1) is 0 Å². The van der Waals surface area contributed by atoms with Gasteiger partial charge >= 0.3 is 5.97 Å². The molecule has 98 valence electrons. The molecule has 1 heterocycles.